The Hall–Kier alpha value is -2.61. The van der Waals surface area contributed by atoms with Crippen molar-refractivity contribution in [3.05, 3.63) is 23.8 Å². The Morgan fingerprint density at radius 1 is 1.19 bits per heavy atom. The summed E-state index contributed by atoms with van der Waals surface area (Å²) in [5.74, 6) is 0.316. The number of hydrogen-bond donors (Lipinski definition) is 1. The quantitative estimate of drug-likeness (QED) is 0.794. The molecule has 170 valence electrons. The molecule has 1 heterocycles. The van der Waals surface area contributed by atoms with Crippen LogP contribution in [-0.4, -0.2) is 73.5 Å². The molecular formula is C23H33N3O5. The Kier molecular flexibility index (Phi) is 7.20. The zero-order valence-electron chi connectivity index (χ0n) is 19.0. The van der Waals surface area contributed by atoms with Crippen molar-refractivity contribution >= 4 is 23.4 Å². The lowest BCUT2D eigenvalue weighted by Crippen LogP contribution is -2.49. The topological polar surface area (TPSA) is 88.2 Å². The van der Waals surface area contributed by atoms with Crippen LogP contribution in [0.2, 0.25) is 0 Å². The number of carbonyl (C=O) groups is 3. The van der Waals surface area contributed by atoms with E-state index in [1.807, 2.05) is 18.7 Å². The summed E-state index contributed by atoms with van der Waals surface area (Å²) < 4.78 is 11.7. The second kappa shape index (κ2) is 9.68. The number of benzene rings is 1. The normalized spacial score (nSPS) is 25.1. The third-order valence-corrected chi connectivity index (χ3v) is 5.97. The molecule has 3 atom stereocenters. The summed E-state index contributed by atoms with van der Waals surface area (Å²) in [7, 11) is 3.35. The van der Waals surface area contributed by atoms with Gasteiger partial charge in [-0.15, -0.1) is 0 Å². The van der Waals surface area contributed by atoms with Crippen LogP contribution < -0.4 is 10.1 Å². The number of rotatable bonds is 3. The number of hydrogen-bond acceptors (Lipinski definition) is 5. The minimum Gasteiger partial charge on any atom is -0.491 e. The van der Waals surface area contributed by atoms with Crippen LogP contribution in [0.1, 0.15) is 44.0 Å². The Labute approximate surface area is 183 Å². The van der Waals surface area contributed by atoms with Crippen LogP contribution in [0.4, 0.5) is 5.69 Å². The molecule has 2 aliphatic rings. The van der Waals surface area contributed by atoms with E-state index in [2.05, 4.69) is 5.32 Å². The molecule has 0 bridgehead atoms. The lowest BCUT2D eigenvalue weighted by Gasteiger charge is -2.36. The fourth-order valence-corrected chi connectivity index (χ4v) is 3.93. The van der Waals surface area contributed by atoms with Gasteiger partial charge in [-0.3, -0.25) is 14.4 Å². The van der Waals surface area contributed by atoms with Crippen molar-refractivity contribution in [3.8, 4) is 5.75 Å². The zero-order chi connectivity index (χ0) is 22.7. The monoisotopic (exact) mass is 431 g/mol. The molecule has 1 aromatic carbocycles. The van der Waals surface area contributed by atoms with Crippen molar-refractivity contribution in [1.29, 1.82) is 0 Å². The largest absolute Gasteiger partial charge is 0.491 e. The SMILES string of the molecule is CO[C@H]1CN(C)C(=O)c2cc(NC(C)=O)ccc2OC[C@H](C)N(C(=O)C2CC2)C[C@H]1C. The van der Waals surface area contributed by atoms with Crippen LogP contribution in [0.3, 0.4) is 0 Å². The highest BCUT2D eigenvalue weighted by molar-refractivity contribution is 5.99. The van der Waals surface area contributed by atoms with E-state index in [-0.39, 0.29) is 48.3 Å². The van der Waals surface area contributed by atoms with Gasteiger partial charge in [0.05, 0.1) is 17.7 Å². The number of nitrogens with one attached hydrogen (secondary N) is 1. The fraction of sp³-hybridized carbons (Fsp3) is 0.609. The van der Waals surface area contributed by atoms with Crippen molar-refractivity contribution in [2.45, 2.75) is 45.8 Å². The molecule has 1 aromatic rings. The van der Waals surface area contributed by atoms with Gasteiger partial charge < -0.3 is 24.6 Å². The lowest BCUT2D eigenvalue weighted by molar-refractivity contribution is -0.136. The lowest BCUT2D eigenvalue weighted by atomic mass is 10.0. The molecule has 1 saturated carbocycles. The Bertz CT molecular complexity index is 839. The molecule has 1 fully saturated rings. The van der Waals surface area contributed by atoms with E-state index in [1.54, 1.807) is 37.3 Å². The van der Waals surface area contributed by atoms with Crippen LogP contribution in [0, 0.1) is 11.8 Å². The van der Waals surface area contributed by atoms with Crippen LogP contribution >= 0.6 is 0 Å². The molecule has 0 aromatic heterocycles. The van der Waals surface area contributed by atoms with Gasteiger partial charge in [-0.05, 0) is 38.0 Å². The van der Waals surface area contributed by atoms with Gasteiger partial charge in [0.25, 0.3) is 5.91 Å². The average molecular weight is 432 g/mol. The summed E-state index contributed by atoms with van der Waals surface area (Å²) >= 11 is 0. The van der Waals surface area contributed by atoms with Crippen LogP contribution in [0.15, 0.2) is 18.2 Å². The molecule has 0 saturated heterocycles. The van der Waals surface area contributed by atoms with Gasteiger partial charge in [0.1, 0.15) is 12.4 Å². The summed E-state index contributed by atoms with van der Waals surface area (Å²) in [5.41, 5.74) is 0.892. The standard InChI is InChI=1S/C23H33N3O5/c1-14-11-26(22(28)17-6-7-17)15(2)13-31-20-9-8-18(24-16(3)27)10-19(20)23(29)25(4)12-21(14)30-5/h8-10,14-15,17,21H,6-7,11-13H2,1-5H3,(H,24,27)/t14-,15+,21+/m1/s1. The molecule has 3 rings (SSSR count). The smallest absolute Gasteiger partial charge is 0.257 e. The molecule has 0 radical (unpaired) electrons. The molecule has 1 aliphatic heterocycles. The molecule has 0 unspecified atom stereocenters. The van der Waals surface area contributed by atoms with Crippen molar-refractivity contribution in [2.75, 3.05) is 39.2 Å². The van der Waals surface area contributed by atoms with E-state index in [9.17, 15) is 14.4 Å². The summed E-state index contributed by atoms with van der Waals surface area (Å²) in [6, 6.07) is 4.87. The number of anilines is 1. The first-order chi connectivity index (χ1) is 14.7. The van der Waals surface area contributed by atoms with Gasteiger partial charge in [-0.25, -0.2) is 0 Å². The molecule has 1 aliphatic carbocycles. The average Bonchev–Trinajstić information content (AvgIpc) is 3.57. The third kappa shape index (κ3) is 5.55. The van der Waals surface area contributed by atoms with E-state index < -0.39 is 0 Å². The number of methoxy groups -OCH3 is 1. The number of carbonyl (C=O) groups excluding carboxylic acids is 3. The summed E-state index contributed by atoms with van der Waals surface area (Å²) in [6.45, 7) is 6.63. The van der Waals surface area contributed by atoms with Gasteiger partial charge in [0.2, 0.25) is 11.8 Å². The van der Waals surface area contributed by atoms with Crippen LogP contribution in [-0.2, 0) is 14.3 Å². The highest BCUT2D eigenvalue weighted by Gasteiger charge is 2.37. The van der Waals surface area contributed by atoms with Crippen LogP contribution in [0.5, 0.6) is 5.75 Å². The number of ether oxygens (including phenoxy) is 2. The first-order valence-corrected chi connectivity index (χ1v) is 10.8. The maximum atomic E-state index is 13.2. The summed E-state index contributed by atoms with van der Waals surface area (Å²) in [5, 5.41) is 2.71. The van der Waals surface area contributed by atoms with E-state index in [0.29, 0.717) is 30.1 Å². The highest BCUT2D eigenvalue weighted by atomic mass is 16.5. The van der Waals surface area contributed by atoms with Gasteiger partial charge >= 0.3 is 0 Å². The second-order valence-electron chi connectivity index (χ2n) is 8.75. The summed E-state index contributed by atoms with van der Waals surface area (Å²) in [6.07, 6.45) is 1.66. The van der Waals surface area contributed by atoms with E-state index >= 15 is 0 Å². The number of amides is 3. The summed E-state index contributed by atoms with van der Waals surface area (Å²) in [4.78, 5) is 41.2. The molecule has 3 amide bonds. The van der Waals surface area contributed by atoms with Gasteiger partial charge in [0, 0.05) is 51.7 Å². The predicted octanol–water partition coefficient (Wildman–Crippen LogP) is 2.39. The minimum atomic E-state index is -0.224. The van der Waals surface area contributed by atoms with Crippen molar-refractivity contribution < 1.29 is 23.9 Å². The molecule has 0 spiro atoms. The predicted molar refractivity (Wildman–Crippen MR) is 117 cm³/mol. The van der Waals surface area contributed by atoms with Gasteiger partial charge in [-0.1, -0.05) is 6.92 Å². The number of likely N-dealkylation sites (N-methyl/N-ethyl adjacent to an activating group) is 1. The number of fused-ring (bicyclic) bond motifs is 1. The van der Waals surface area contributed by atoms with E-state index in [0.717, 1.165) is 12.8 Å². The Morgan fingerprint density at radius 2 is 1.90 bits per heavy atom. The van der Waals surface area contributed by atoms with Gasteiger partial charge in [-0.2, -0.15) is 0 Å². The maximum Gasteiger partial charge on any atom is 0.257 e. The first-order valence-electron chi connectivity index (χ1n) is 10.8. The van der Waals surface area contributed by atoms with Gasteiger partial charge in [0.15, 0.2) is 0 Å². The van der Waals surface area contributed by atoms with Crippen molar-refractivity contribution in [2.24, 2.45) is 11.8 Å². The second-order valence-corrected chi connectivity index (χ2v) is 8.75. The number of nitrogens with zero attached hydrogens (tertiary/aromatic N) is 2. The maximum absolute atomic E-state index is 13.2. The molecule has 1 N–H and O–H groups in total. The molecule has 8 nitrogen and oxygen atoms in total. The van der Waals surface area contributed by atoms with E-state index in [4.69, 9.17) is 9.47 Å². The van der Waals surface area contributed by atoms with Crippen LogP contribution in [0.25, 0.3) is 0 Å². The first kappa shape index (κ1) is 23.1. The Morgan fingerprint density at radius 3 is 2.52 bits per heavy atom. The molecular weight excluding hydrogens is 398 g/mol. The third-order valence-electron chi connectivity index (χ3n) is 5.97. The molecule has 31 heavy (non-hydrogen) atoms. The van der Waals surface area contributed by atoms with Crippen molar-refractivity contribution in [1.82, 2.24) is 9.80 Å². The Balaban J connectivity index is 1.95. The fourth-order valence-electron chi connectivity index (χ4n) is 3.93. The minimum absolute atomic E-state index is 0.0370. The highest BCUT2D eigenvalue weighted by Crippen LogP contribution is 2.33. The molecule has 8 heteroatoms. The van der Waals surface area contributed by atoms with Crippen molar-refractivity contribution in [3.63, 3.8) is 0 Å². The zero-order valence-corrected chi connectivity index (χ0v) is 19.0. The van der Waals surface area contributed by atoms with E-state index in [1.165, 1.54) is 6.92 Å².